The fraction of sp³-hybridized carbons (Fsp3) is 0.462. The van der Waals surface area contributed by atoms with Crippen molar-refractivity contribution >= 4 is 5.97 Å². The van der Waals surface area contributed by atoms with Crippen LogP contribution in [-0.2, 0) is 16.0 Å². The Labute approximate surface area is 109 Å². The summed E-state index contributed by atoms with van der Waals surface area (Å²) < 4.78 is 31.4. The molecule has 1 atom stereocenters. The number of carbonyl (C=O) groups is 1. The van der Waals surface area contributed by atoms with E-state index in [1.165, 1.54) is 6.07 Å². The Bertz CT molecular complexity index is 449. The van der Waals surface area contributed by atoms with E-state index >= 15 is 0 Å². The van der Waals surface area contributed by atoms with Crippen molar-refractivity contribution < 1.29 is 28.5 Å². The average molecular weight is 274 g/mol. The first kappa shape index (κ1) is 15.5. The molecule has 1 aromatic carbocycles. The van der Waals surface area contributed by atoms with Gasteiger partial charge in [0, 0.05) is 12.0 Å². The molecule has 1 rings (SSSR count). The van der Waals surface area contributed by atoms with Crippen LogP contribution in [0, 0.1) is 11.6 Å². The van der Waals surface area contributed by atoms with Crippen molar-refractivity contribution in [3.05, 3.63) is 34.9 Å². The normalized spacial score (nSPS) is 12.3. The number of hydrogen-bond donors (Lipinski definition) is 2. The monoisotopic (exact) mass is 274 g/mol. The number of rotatable bonds is 6. The smallest absolute Gasteiger partial charge is 0.306 e. The summed E-state index contributed by atoms with van der Waals surface area (Å²) >= 11 is 0. The highest BCUT2D eigenvalue weighted by molar-refractivity contribution is 5.69. The predicted octanol–water partition coefficient (Wildman–Crippen LogP) is 1.49. The zero-order valence-electron chi connectivity index (χ0n) is 10.5. The minimum Gasteiger partial charge on any atom is -0.466 e. The Hall–Kier alpha value is -1.53. The number of aliphatic hydroxyl groups excluding tert-OH is 2. The van der Waals surface area contributed by atoms with Crippen LogP contribution in [0.4, 0.5) is 8.78 Å². The molecule has 0 saturated carbocycles. The van der Waals surface area contributed by atoms with Gasteiger partial charge in [-0.1, -0.05) is 0 Å². The van der Waals surface area contributed by atoms with Crippen LogP contribution in [0.15, 0.2) is 12.1 Å². The van der Waals surface area contributed by atoms with Crippen LogP contribution >= 0.6 is 0 Å². The molecule has 0 saturated heterocycles. The maximum atomic E-state index is 13.4. The van der Waals surface area contributed by atoms with Gasteiger partial charge < -0.3 is 14.9 Å². The van der Waals surface area contributed by atoms with Crippen LogP contribution in [0.3, 0.4) is 0 Å². The highest BCUT2D eigenvalue weighted by Gasteiger charge is 2.17. The standard InChI is InChI=1S/C13H16F2O4/c1-2-19-12(18)4-3-8-5-9(11(17)7-16)13(15)10(14)6-8/h5-6,11,16-17H,2-4,7H2,1H3/t11-/m1/s1. The third kappa shape index (κ3) is 4.25. The zero-order valence-corrected chi connectivity index (χ0v) is 10.5. The van der Waals surface area contributed by atoms with Crippen LogP contribution < -0.4 is 0 Å². The second-order valence-corrected chi connectivity index (χ2v) is 3.98. The maximum absolute atomic E-state index is 13.4. The molecule has 106 valence electrons. The van der Waals surface area contributed by atoms with Crippen molar-refractivity contribution in [1.82, 2.24) is 0 Å². The summed E-state index contributed by atoms with van der Waals surface area (Å²) in [6, 6.07) is 2.20. The van der Waals surface area contributed by atoms with Crippen LogP contribution in [-0.4, -0.2) is 29.4 Å². The van der Waals surface area contributed by atoms with E-state index in [0.717, 1.165) is 6.07 Å². The molecular formula is C13H16F2O4. The van der Waals surface area contributed by atoms with Crippen molar-refractivity contribution in [1.29, 1.82) is 0 Å². The van der Waals surface area contributed by atoms with Crippen molar-refractivity contribution in [3.63, 3.8) is 0 Å². The SMILES string of the molecule is CCOC(=O)CCc1cc(F)c(F)c([C@H](O)CO)c1. The van der Waals surface area contributed by atoms with Gasteiger partial charge >= 0.3 is 5.97 Å². The van der Waals surface area contributed by atoms with Gasteiger partial charge in [0.2, 0.25) is 0 Å². The maximum Gasteiger partial charge on any atom is 0.306 e. The largest absolute Gasteiger partial charge is 0.466 e. The van der Waals surface area contributed by atoms with Crippen LogP contribution in [0.1, 0.15) is 30.6 Å². The van der Waals surface area contributed by atoms with E-state index in [-0.39, 0.29) is 25.0 Å². The Balaban J connectivity index is 2.85. The fourth-order valence-corrected chi connectivity index (χ4v) is 1.63. The first-order valence-corrected chi connectivity index (χ1v) is 5.92. The number of aryl methyl sites for hydroxylation is 1. The highest BCUT2D eigenvalue weighted by atomic mass is 19.2. The Kier molecular flexibility index (Phi) is 5.85. The van der Waals surface area contributed by atoms with Gasteiger partial charge in [0.25, 0.3) is 0 Å². The van der Waals surface area contributed by atoms with E-state index in [1.54, 1.807) is 6.92 Å². The van der Waals surface area contributed by atoms with E-state index in [1.807, 2.05) is 0 Å². The van der Waals surface area contributed by atoms with Gasteiger partial charge in [0.1, 0.15) is 6.10 Å². The molecule has 0 radical (unpaired) electrons. The highest BCUT2D eigenvalue weighted by Crippen LogP contribution is 2.22. The van der Waals surface area contributed by atoms with Crippen LogP contribution in [0.5, 0.6) is 0 Å². The van der Waals surface area contributed by atoms with E-state index in [4.69, 9.17) is 9.84 Å². The van der Waals surface area contributed by atoms with Crippen molar-refractivity contribution in [3.8, 4) is 0 Å². The number of carbonyl (C=O) groups excluding carboxylic acids is 1. The lowest BCUT2D eigenvalue weighted by Crippen LogP contribution is -2.09. The molecule has 0 aromatic heterocycles. The van der Waals surface area contributed by atoms with Crippen molar-refractivity contribution in [2.75, 3.05) is 13.2 Å². The number of hydrogen-bond acceptors (Lipinski definition) is 4. The topological polar surface area (TPSA) is 66.8 Å². The van der Waals surface area contributed by atoms with E-state index in [0.29, 0.717) is 5.56 Å². The van der Waals surface area contributed by atoms with Crippen molar-refractivity contribution in [2.45, 2.75) is 25.9 Å². The molecule has 2 N–H and O–H groups in total. The van der Waals surface area contributed by atoms with Crippen LogP contribution in [0.25, 0.3) is 0 Å². The molecule has 0 unspecified atom stereocenters. The fourth-order valence-electron chi connectivity index (χ4n) is 1.63. The lowest BCUT2D eigenvalue weighted by molar-refractivity contribution is -0.143. The Morgan fingerprint density at radius 3 is 2.68 bits per heavy atom. The second-order valence-electron chi connectivity index (χ2n) is 3.98. The third-order valence-corrected chi connectivity index (χ3v) is 2.57. The second kappa shape index (κ2) is 7.16. The molecule has 0 fully saturated rings. The van der Waals surface area contributed by atoms with Gasteiger partial charge in [-0.2, -0.15) is 0 Å². The average Bonchev–Trinajstić information content (AvgIpc) is 2.39. The molecule has 1 aromatic rings. The summed E-state index contributed by atoms with van der Waals surface area (Å²) in [5.74, 6) is -2.75. The van der Waals surface area contributed by atoms with Crippen LogP contribution in [0.2, 0.25) is 0 Å². The van der Waals surface area contributed by atoms with Gasteiger partial charge in [-0.05, 0) is 31.0 Å². The van der Waals surface area contributed by atoms with E-state index < -0.39 is 30.3 Å². The molecular weight excluding hydrogens is 258 g/mol. The first-order valence-electron chi connectivity index (χ1n) is 5.92. The number of benzene rings is 1. The van der Waals surface area contributed by atoms with Gasteiger partial charge in [-0.25, -0.2) is 8.78 Å². The minimum absolute atomic E-state index is 0.0353. The molecule has 0 spiro atoms. The molecule has 4 nitrogen and oxygen atoms in total. The summed E-state index contributed by atoms with van der Waals surface area (Å²) in [5, 5.41) is 18.1. The molecule has 0 amide bonds. The summed E-state index contributed by atoms with van der Waals surface area (Å²) in [6.45, 7) is 1.22. The first-order chi connectivity index (χ1) is 8.99. The van der Waals surface area contributed by atoms with Gasteiger partial charge in [-0.15, -0.1) is 0 Å². The molecule has 0 aliphatic carbocycles. The Morgan fingerprint density at radius 2 is 2.11 bits per heavy atom. The summed E-state index contributed by atoms with van der Waals surface area (Å²) in [6.07, 6.45) is -1.29. The molecule has 0 heterocycles. The quantitative estimate of drug-likeness (QED) is 0.771. The Morgan fingerprint density at radius 1 is 1.42 bits per heavy atom. The van der Waals surface area contributed by atoms with E-state index in [2.05, 4.69) is 0 Å². The number of ether oxygens (including phenoxy) is 1. The molecule has 19 heavy (non-hydrogen) atoms. The lowest BCUT2D eigenvalue weighted by Gasteiger charge is -2.11. The van der Waals surface area contributed by atoms with Gasteiger partial charge in [0.15, 0.2) is 11.6 Å². The summed E-state index contributed by atoms with van der Waals surface area (Å²) in [5.41, 5.74) is 0.0378. The number of esters is 1. The zero-order chi connectivity index (χ0) is 14.4. The minimum atomic E-state index is -1.49. The lowest BCUT2D eigenvalue weighted by atomic mass is 10.0. The summed E-state index contributed by atoms with van der Waals surface area (Å²) in [7, 11) is 0. The summed E-state index contributed by atoms with van der Waals surface area (Å²) in [4.78, 5) is 11.2. The van der Waals surface area contributed by atoms with Crippen molar-refractivity contribution in [2.24, 2.45) is 0 Å². The van der Waals surface area contributed by atoms with Gasteiger partial charge in [-0.3, -0.25) is 4.79 Å². The number of aliphatic hydroxyl groups is 2. The third-order valence-electron chi connectivity index (χ3n) is 2.57. The predicted molar refractivity (Wildman–Crippen MR) is 63.4 cm³/mol. The number of halogens is 2. The van der Waals surface area contributed by atoms with Gasteiger partial charge in [0.05, 0.1) is 13.2 Å². The molecule has 6 heteroatoms. The molecule has 0 aliphatic rings. The molecule has 0 aliphatic heterocycles. The van der Waals surface area contributed by atoms with E-state index in [9.17, 15) is 18.7 Å². The molecule has 0 bridgehead atoms.